The van der Waals surface area contributed by atoms with Crippen molar-refractivity contribution in [3.63, 3.8) is 0 Å². The third-order valence-corrected chi connectivity index (χ3v) is 7.15. The molecule has 1 N–H and O–H groups in total. The molecular weight excluding hydrogens is 362 g/mol. The summed E-state index contributed by atoms with van der Waals surface area (Å²) in [6, 6.07) is 3.83. The Labute approximate surface area is 163 Å². The summed E-state index contributed by atoms with van der Waals surface area (Å²) in [7, 11) is 0. The molecule has 1 saturated heterocycles. The van der Waals surface area contributed by atoms with Crippen LogP contribution >= 0.6 is 11.3 Å². The van der Waals surface area contributed by atoms with E-state index < -0.39 is 11.6 Å². The number of urea groups is 1. The van der Waals surface area contributed by atoms with Crippen molar-refractivity contribution in [2.45, 2.75) is 70.0 Å². The van der Waals surface area contributed by atoms with E-state index in [1.807, 2.05) is 22.4 Å². The third kappa shape index (κ3) is 3.61. The molecule has 7 heteroatoms. The molecule has 1 spiro atoms. The third-order valence-electron chi connectivity index (χ3n) is 6.29. The molecule has 0 radical (unpaired) electrons. The number of nitrogens with zero attached hydrogens (tertiary/aromatic N) is 2. The van der Waals surface area contributed by atoms with Crippen LogP contribution in [0.5, 0.6) is 0 Å². The number of carbonyl (C=O) groups excluding carboxylic acids is 3. The lowest BCUT2D eigenvalue weighted by molar-refractivity contribution is -0.140. The quantitative estimate of drug-likeness (QED) is 0.760. The van der Waals surface area contributed by atoms with Gasteiger partial charge in [0.2, 0.25) is 5.91 Å². The topological polar surface area (TPSA) is 69.7 Å². The Balaban J connectivity index is 1.43. The maximum Gasteiger partial charge on any atom is 0.325 e. The Bertz CT molecular complexity index is 721. The van der Waals surface area contributed by atoms with Crippen molar-refractivity contribution in [2.24, 2.45) is 5.92 Å². The lowest BCUT2D eigenvalue weighted by Crippen LogP contribution is -2.50. The van der Waals surface area contributed by atoms with Crippen molar-refractivity contribution in [1.29, 1.82) is 0 Å². The highest BCUT2D eigenvalue weighted by atomic mass is 32.1. The second kappa shape index (κ2) is 7.26. The van der Waals surface area contributed by atoms with Crippen LogP contribution < -0.4 is 5.32 Å². The molecule has 0 unspecified atom stereocenters. The standard InChI is InChI=1S/C20H27N3O3S/c1-2-14-7-9-20(10-8-14)18(25)23(19(26)21-20)13-17(24)22(15-5-6-15)12-16-4-3-11-27-16/h3-4,11,14-15H,2,5-10,12-13H2,1H3,(H,21,26). The van der Waals surface area contributed by atoms with Crippen molar-refractivity contribution in [3.05, 3.63) is 22.4 Å². The summed E-state index contributed by atoms with van der Waals surface area (Å²) in [4.78, 5) is 42.6. The predicted octanol–water partition coefficient (Wildman–Crippen LogP) is 3.13. The number of carbonyl (C=O) groups is 3. The molecule has 27 heavy (non-hydrogen) atoms. The Morgan fingerprint density at radius 2 is 2.04 bits per heavy atom. The van der Waals surface area contributed by atoms with Crippen molar-refractivity contribution in [1.82, 2.24) is 15.1 Å². The lowest BCUT2D eigenvalue weighted by atomic mass is 9.75. The molecule has 6 nitrogen and oxygen atoms in total. The summed E-state index contributed by atoms with van der Waals surface area (Å²) in [5, 5.41) is 4.92. The average Bonchev–Trinajstić information content (AvgIpc) is 3.33. The first-order chi connectivity index (χ1) is 13.0. The Hall–Kier alpha value is -1.89. The second-order valence-electron chi connectivity index (χ2n) is 8.09. The van der Waals surface area contributed by atoms with Gasteiger partial charge in [0.1, 0.15) is 12.1 Å². The van der Waals surface area contributed by atoms with Gasteiger partial charge in [-0.3, -0.25) is 14.5 Å². The van der Waals surface area contributed by atoms with Gasteiger partial charge in [0.15, 0.2) is 0 Å². The molecule has 1 aliphatic heterocycles. The van der Waals surface area contributed by atoms with Crippen molar-refractivity contribution < 1.29 is 14.4 Å². The molecule has 2 aliphatic carbocycles. The van der Waals surface area contributed by atoms with E-state index >= 15 is 0 Å². The van der Waals surface area contributed by atoms with E-state index in [0.29, 0.717) is 25.3 Å². The normalized spacial score (nSPS) is 27.9. The van der Waals surface area contributed by atoms with Gasteiger partial charge in [0.05, 0.1) is 6.54 Å². The summed E-state index contributed by atoms with van der Waals surface area (Å²) in [5.41, 5.74) is -0.777. The fourth-order valence-electron chi connectivity index (χ4n) is 4.34. The van der Waals surface area contributed by atoms with Crippen LogP contribution in [0.3, 0.4) is 0 Å². The van der Waals surface area contributed by atoms with Crippen LogP contribution in [0.15, 0.2) is 17.5 Å². The van der Waals surface area contributed by atoms with Crippen LogP contribution in [0.1, 0.15) is 56.7 Å². The van der Waals surface area contributed by atoms with Gasteiger partial charge in [-0.25, -0.2) is 4.79 Å². The van der Waals surface area contributed by atoms with Gasteiger partial charge >= 0.3 is 6.03 Å². The van der Waals surface area contributed by atoms with Crippen LogP contribution in [0.4, 0.5) is 4.79 Å². The molecule has 2 saturated carbocycles. The number of hydrogen-bond acceptors (Lipinski definition) is 4. The average molecular weight is 390 g/mol. The minimum atomic E-state index is -0.777. The van der Waals surface area contributed by atoms with E-state index in [1.54, 1.807) is 11.3 Å². The first-order valence-corrected chi connectivity index (χ1v) is 10.9. The molecule has 4 amide bonds. The lowest BCUT2D eigenvalue weighted by Gasteiger charge is -2.34. The fourth-order valence-corrected chi connectivity index (χ4v) is 5.04. The maximum absolute atomic E-state index is 13.0. The predicted molar refractivity (Wildman–Crippen MR) is 103 cm³/mol. The van der Waals surface area contributed by atoms with E-state index in [2.05, 4.69) is 12.2 Å². The monoisotopic (exact) mass is 389 g/mol. The van der Waals surface area contributed by atoms with E-state index in [1.165, 1.54) is 0 Å². The van der Waals surface area contributed by atoms with Gasteiger partial charge < -0.3 is 10.2 Å². The van der Waals surface area contributed by atoms with Gasteiger partial charge in [-0.2, -0.15) is 0 Å². The number of hydrogen-bond donors (Lipinski definition) is 1. The number of rotatable bonds is 6. The van der Waals surface area contributed by atoms with E-state index in [9.17, 15) is 14.4 Å². The zero-order valence-corrected chi connectivity index (χ0v) is 16.6. The van der Waals surface area contributed by atoms with Crippen molar-refractivity contribution in [3.8, 4) is 0 Å². The minimum Gasteiger partial charge on any atom is -0.333 e. The van der Waals surface area contributed by atoms with E-state index in [4.69, 9.17) is 0 Å². The highest BCUT2D eigenvalue weighted by molar-refractivity contribution is 7.09. The van der Waals surface area contributed by atoms with Crippen LogP contribution in [0.2, 0.25) is 0 Å². The van der Waals surface area contributed by atoms with E-state index in [-0.39, 0.29) is 24.4 Å². The van der Waals surface area contributed by atoms with Gasteiger partial charge in [-0.05, 0) is 55.9 Å². The van der Waals surface area contributed by atoms with Crippen LogP contribution in [-0.4, -0.2) is 45.8 Å². The molecule has 1 aromatic rings. The highest BCUT2D eigenvalue weighted by Crippen LogP contribution is 2.38. The Morgan fingerprint density at radius 3 is 2.63 bits per heavy atom. The second-order valence-corrected chi connectivity index (χ2v) is 9.12. The largest absolute Gasteiger partial charge is 0.333 e. The number of imide groups is 1. The van der Waals surface area contributed by atoms with E-state index in [0.717, 1.165) is 41.9 Å². The zero-order chi connectivity index (χ0) is 19.0. The van der Waals surface area contributed by atoms with Gasteiger partial charge in [-0.15, -0.1) is 11.3 Å². The molecule has 146 valence electrons. The molecule has 2 heterocycles. The highest BCUT2D eigenvalue weighted by Gasteiger charge is 2.53. The fraction of sp³-hybridized carbons (Fsp3) is 0.650. The van der Waals surface area contributed by atoms with Gasteiger partial charge in [0, 0.05) is 10.9 Å². The van der Waals surface area contributed by atoms with Crippen LogP contribution in [0.25, 0.3) is 0 Å². The Kier molecular flexibility index (Phi) is 4.97. The summed E-state index contributed by atoms with van der Waals surface area (Å²) < 4.78 is 0. The minimum absolute atomic E-state index is 0.131. The first kappa shape index (κ1) is 18.5. The first-order valence-electron chi connectivity index (χ1n) is 9.98. The summed E-state index contributed by atoms with van der Waals surface area (Å²) in [5.74, 6) is 0.295. The summed E-state index contributed by atoms with van der Waals surface area (Å²) >= 11 is 1.62. The summed E-state index contributed by atoms with van der Waals surface area (Å²) in [6.45, 7) is 2.59. The number of thiophene rings is 1. The molecule has 4 rings (SSSR count). The molecular formula is C20H27N3O3S. The zero-order valence-electron chi connectivity index (χ0n) is 15.8. The molecule has 0 aromatic carbocycles. The molecule has 3 aliphatic rings. The Morgan fingerprint density at radius 1 is 1.30 bits per heavy atom. The van der Waals surface area contributed by atoms with Crippen molar-refractivity contribution in [2.75, 3.05) is 6.54 Å². The maximum atomic E-state index is 13.0. The molecule has 1 aromatic heterocycles. The SMILES string of the molecule is CCC1CCC2(CC1)NC(=O)N(CC(=O)N(Cc1cccs1)C1CC1)C2=O. The smallest absolute Gasteiger partial charge is 0.325 e. The number of nitrogens with one attached hydrogen (secondary N) is 1. The van der Waals surface area contributed by atoms with Crippen molar-refractivity contribution >= 4 is 29.2 Å². The molecule has 3 fully saturated rings. The van der Waals surface area contributed by atoms with Gasteiger partial charge in [0.25, 0.3) is 5.91 Å². The number of amides is 4. The van der Waals surface area contributed by atoms with Crippen LogP contribution in [0, 0.1) is 5.92 Å². The van der Waals surface area contributed by atoms with Crippen LogP contribution in [-0.2, 0) is 16.1 Å². The molecule has 0 bridgehead atoms. The van der Waals surface area contributed by atoms with Gasteiger partial charge in [-0.1, -0.05) is 19.4 Å². The molecule has 0 atom stereocenters. The summed E-state index contributed by atoms with van der Waals surface area (Å²) in [6.07, 6.45) is 6.39.